The Morgan fingerprint density at radius 1 is 1.45 bits per heavy atom. The van der Waals surface area contributed by atoms with E-state index in [0.29, 0.717) is 17.7 Å². The summed E-state index contributed by atoms with van der Waals surface area (Å²) in [6.45, 7) is 6.42. The third-order valence-corrected chi connectivity index (χ3v) is 4.62. The summed E-state index contributed by atoms with van der Waals surface area (Å²) < 4.78 is 2.03. The Labute approximate surface area is 120 Å². The number of fused-ring (bicyclic) bond motifs is 1. The van der Waals surface area contributed by atoms with Crippen molar-refractivity contribution in [3.8, 4) is 0 Å². The van der Waals surface area contributed by atoms with Gasteiger partial charge >= 0.3 is 0 Å². The standard InChI is InChI=1S/C15H24N4O/c1-10-4-5-12(11(2)8-10)17-14(20)13-9-19-7-3-6-16-15(19)18-13/h9-12H,3-8H2,1-2H3,(H,16,18)(H,17,20). The number of amides is 1. The van der Waals surface area contributed by atoms with Crippen molar-refractivity contribution in [3.05, 3.63) is 11.9 Å². The average molecular weight is 276 g/mol. The molecule has 2 aliphatic rings. The van der Waals surface area contributed by atoms with E-state index >= 15 is 0 Å². The fraction of sp³-hybridized carbons (Fsp3) is 0.733. The molecule has 110 valence electrons. The second-order valence-corrected chi connectivity index (χ2v) is 6.40. The monoisotopic (exact) mass is 276 g/mol. The molecule has 5 nitrogen and oxygen atoms in total. The lowest BCUT2D eigenvalue weighted by Crippen LogP contribution is -2.42. The van der Waals surface area contributed by atoms with E-state index in [1.807, 2.05) is 10.8 Å². The normalized spacial score (nSPS) is 29.4. The van der Waals surface area contributed by atoms with Crippen LogP contribution in [0.4, 0.5) is 5.95 Å². The van der Waals surface area contributed by atoms with Gasteiger partial charge in [0.2, 0.25) is 5.95 Å². The molecule has 1 aliphatic carbocycles. The Morgan fingerprint density at radius 3 is 3.05 bits per heavy atom. The number of rotatable bonds is 2. The van der Waals surface area contributed by atoms with Crippen LogP contribution >= 0.6 is 0 Å². The van der Waals surface area contributed by atoms with E-state index in [1.54, 1.807) is 0 Å². The maximum atomic E-state index is 12.3. The molecule has 5 heteroatoms. The molecule has 3 atom stereocenters. The van der Waals surface area contributed by atoms with Crippen LogP contribution in [-0.4, -0.2) is 28.0 Å². The zero-order chi connectivity index (χ0) is 14.1. The molecule has 1 saturated carbocycles. The zero-order valence-corrected chi connectivity index (χ0v) is 12.4. The number of carbonyl (C=O) groups excluding carboxylic acids is 1. The number of hydrogen-bond donors (Lipinski definition) is 2. The first-order valence-electron chi connectivity index (χ1n) is 7.75. The van der Waals surface area contributed by atoms with Gasteiger partial charge in [0.15, 0.2) is 0 Å². The number of aryl methyl sites for hydroxylation is 1. The summed E-state index contributed by atoms with van der Waals surface area (Å²) in [4.78, 5) is 16.7. The van der Waals surface area contributed by atoms with Crippen LogP contribution < -0.4 is 10.6 Å². The molecule has 0 aromatic carbocycles. The summed E-state index contributed by atoms with van der Waals surface area (Å²) in [5.74, 6) is 2.13. The lowest BCUT2D eigenvalue weighted by molar-refractivity contribution is 0.0895. The van der Waals surface area contributed by atoms with E-state index in [9.17, 15) is 4.79 Å². The summed E-state index contributed by atoms with van der Waals surface area (Å²) >= 11 is 0. The first kappa shape index (κ1) is 13.5. The van der Waals surface area contributed by atoms with Crippen LogP contribution in [0.1, 0.15) is 50.0 Å². The Balaban J connectivity index is 1.65. The average Bonchev–Trinajstić information content (AvgIpc) is 2.86. The molecule has 0 saturated heterocycles. The highest BCUT2D eigenvalue weighted by Crippen LogP contribution is 2.28. The fourth-order valence-corrected chi connectivity index (χ4v) is 3.41. The van der Waals surface area contributed by atoms with Gasteiger partial charge in [0.25, 0.3) is 5.91 Å². The van der Waals surface area contributed by atoms with Crippen molar-refractivity contribution in [1.29, 1.82) is 0 Å². The Kier molecular flexibility index (Phi) is 3.68. The Hall–Kier alpha value is -1.52. The first-order chi connectivity index (χ1) is 9.63. The van der Waals surface area contributed by atoms with Crippen molar-refractivity contribution < 1.29 is 4.79 Å². The van der Waals surface area contributed by atoms with Crippen LogP contribution in [0.5, 0.6) is 0 Å². The van der Waals surface area contributed by atoms with Gasteiger partial charge in [-0.2, -0.15) is 0 Å². The molecule has 20 heavy (non-hydrogen) atoms. The van der Waals surface area contributed by atoms with Gasteiger partial charge in [0, 0.05) is 25.3 Å². The van der Waals surface area contributed by atoms with Crippen molar-refractivity contribution in [1.82, 2.24) is 14.9 Å². The van der Waals surface area contributed by atoms with Gasteiger partial charge in [-0.25, -0.2) is 4.98 Å². The fourth-order valence-electron chi connectivity index (χ4n) is 3.41. The molecule has 2 N–H and O–H groups in total. The van der Waals surface area contributed by atoms with E-state index in [1.165, 1.54) is 12.8 Å². The highest BCUT2D eigenvalue weighted by molar-refractivity contribution is 5.92. The summed E-state index contributed by atoms with van der Waals surface area (Å²) in [6.07, 6.45) is 6.44. The molecule has 0 radical (unpaired) electrons. The predicted molar refractivity (Wildman–Crippen MR) is 78.8 cm³/mol. The van der Waals surface area contributed by atoms with Crippen molar-refractivity contribution in [2.45, 2.75) is 52.1 Å². The van der Waals surface area contributed by atoms with Crippen LogP contribution in [-0.2, 0) is 6.54 Å². The molecular weight excluding hydrogens is 252 g/mol. The number of nitrogens with one attached hydrogen (secondary N) is 2. The highest BCUT2D eigenvalue weighted by Gasteiger charge is 2.27. The Bertz CT molecular complexity index is 473. The third kappa shape index (κ3) is 2.67. The zero-order valence-electron chi connectivity index (χ0n) is 12.4. The smallest absolute Gasteiger partial charge is 0.271 e. The predicted octanol–water partition coefficient (Wildman–Crippen LogP) is 2.25. The maximum absolute atomic E-state index is 12.3. The minimum atomic E-state index is -0.0277. The van der Waals surface area contributed by atoms with Gasteiger partial charge in [0.1, 0.15) is 5.69 Å². The molecule has 2 heterocycles. The number of hydrogen-bond acceptors (Lipinski definition) is 3. The third-order valence-electron chi connectivity index (χ3n) is 4.62. The lowest BCUT2D eigenvalue weighted by Gasteiger charge is -2.32. The minimum absolute atomic E-state index is 0.0277. The van der Waals surface area contributed by atoms with E-state index in [-0.39, 0.29) is 5.91 Å². The molecule has 1 amide bonds. The van der Waals surface area contributed by atoms with Gasteiger partial charge in [-0.05, 0) is 37.5 Å². The number of imidazole rings is 1. The largest absolute Gasteiger partial charge is 0.356 e. The molecule has 0 bridgehead atoms. The van der Waals surface area contributed by atoms with Gasteiger partial charge in [0.05, 0.1) is 0 Å². The summed E-state index contributed by atoms with van der Waals surface area (Å²) in [6, 6.07) is 0.297. The highest BCUT2D eigenvalue weighted by atomic mass is 16.2. The van der Waals surface area contributed by atoms with Crippen LogP contribution in [0.15, 0.2) is 6.20 Å². The lowest BCUT2D eigenvalue weighted by atomic mass is 9.80. The van der Waals surface area contributed by atoms with E-state index in [0.717, 1.165) is 37.8 Å². The van der Waals surface area contributed by atoms with Crippen LogP contribution in [0.3, 0.4) is 0 Å². The molecule has 1 aromatic rings. The molecule has 3 rings (SSSR count). The van der Waals surface area contributed by atoms with Crippen molar-refractivity contribution in [2.75, 3.05) is 11.9 Å². The molecular formula is C15H24N4O. The summed E-state index contributed by atoms with van der Waals surface area (Å²) in [5.41, 5.74) is 0.542. The molecule has 3 unspecified atom stereocenters. The van der Waals surface area contributed by atoms with Gasteiger partial charge in [-0.1, -0.05) is 13.8 Å². The molecule has 1 fully saturated rings. The second kappa shape index (κ2) is 5.46. The van der Waals surface area contributed by atoms with Crippen molar-refractivity contribution >= 4 is 11.9 Å². The first-order valence-corrected chi connectivity index (χ1v) is 7.75. The van der Waals surface area contributed by atoms with Crippen LogP contribution in [0.25, 0.3) is 0 Å². The van der Waals surface area contributed by atoms with E-state index in [2.05, 4.69) is 29.5 Å². The minimum Gasteiger partial charge on any atom is -0.356 e. The van der Waals surface area contributed by atoms with Crippen molar-refractivity contribution in [3.63, 3.8) is 0 Å². The van der Waals surface area contributed by atoms with Gasteiger partial charge < -0.3 is 15.2 Å². The maximum Gasteiger partial charge on any atom is 0.271 e. The van der Waals surface area contributed by atoms with Crippen LogP contribution in [0, 0.1) is 11.8 Å². The van der Waals surface area contributed by atoms with Gasteiger partial charge in [-0.3, -0.25) is 4.79 Å². The second-order valence-electron chi connectivity index (χ2n) is 6.40. The van der Waals surface area contributed by atoms with Gasteiger partial charge in [-0.15, -0.1) is 0 Å². The van der Waals surface area contributed by atoms with Crippen molar-refractivity contribution in [2.24, 2.45) is 11.8 Å². The summed E-state index contributed by atoms with van der Waals surface area (Å²) in [7, 11) is 0. The SMILES string of the molecule is CC1CCC(NC(=O)c2cn3c(n2)NCCC3)C(C)C1. The molecule has 1 aliphatic heterocycles. The molecule has 1 aromatic heterocycles. The number of anilines is 1. The number of carbonyl (C=O) groups is 1. The van der Waals surface area contributed by atoms with Crippen LogP contribution in [0.2, 0.25) is 0 Å². The number of nitrogens with zero attached hydrogens (tertiary/aromatic N) is 2. The van der Waals surface area contributed by atoms with E-state index in [4.69, 9.17) is 0 Å². The summed E-state index contributed by atoms with van der Waals surface area (Å²) in [5, 5.41) is 6.40. The van der Waals surface area contributed by atoms with E-state index < -0.39 is 0 Å². The topological polar surface area (TPSA) is 59.0 Å². The quantitative estimate of drug-likeness (QED) is 0.871. The number of aromatic nitrogens is 2. The molecule has 0 spiro atoms. The Morgan fingerprint density at radius 2 is 2.30 bits per heavy atom.